The number of aromatic nitrogens is 1. The third-order valence-corrected chi connectivity index (χ3v) is 2.64. The van der Waals surface area contributed by atoms with Gasteiger partial charge >= 0.3 is 0 Å². The van der Waals surface area contributed by atoms with Gasteiger partial charge in [0, 0.05) is 23.9 Å². The van der Waals surface area contributed by atoms with E-state index in [1.165, 1.54) is 0 Å². The molecule has 0 aliphatic rings. The molecule has 0 saturated heterocycles. The minimum Gasteiger partial charge on any atom is -0.508 e. The monoisotopic (exact) mass is 259 g/mol. The van der Waals surface area contributed by atoms with Crippen LogP contribution in [0.4, 0.5) is 0 Å². The highest BCUT2D eigenvalue weighted by molar-refractivity contribution is 5.37. The summed E-state index contributed by atoms with van der Waals surface area (Å²) in [6, 6.07) is 8.83. The van der Waals surface area contributed by atoms with Gasteiger partial charge in [0.25, 0.3) is 0 Å². The number of rotatable bonds is 4. The lowest BCUT2D eigenvalue weighted by atomic mass is 10.2. The van der Waals surface area contributed by atoms with Crippen LogP contribution >= 0.6 is 0 Å². The number of pyridine rings is 1. The molecule has 2 rings (SSSR count). The topological polar surface area (TPSA) is 51.6 Å². The Morgan fingerprint density at radius 2 is 1.84 bits per heavy atom. The third-order valence-electron chi connectivity index (χ3n) is 2.64. The van der Waals surface area contributed by atoms with Gasteiger partial charge in [0.15, 0.2) is 0 Å². The average Bonchev–Trinajstić information content (AvgIpc) is 2.34. The number of benzene rings is 1. The summed E-state index contributed by atoms with van der Waals surface area (Å²) < 4.78 is 10.8. The number of hydrogen-bond donors (Lipinski definition) is 1. The van der Waals surface area contributed by atoms with Crippen molar-refractivity contribution in [1.82, 2.24) is 4.98 Å². The molecule has 4 nitrogen and oxygen atoms in total. The lowest BCUT2D eigenvalue weighted by Gasteiger charge is -2.09. The van der Waals surface area contributed by atoms with E-state index in [2.05, 4.69) is 4.98 Å². The Bertz CT molecular complexity index is 561. The molecule has 0 atom stereocenters. The lowest BCUT2D eigenvalue weighted by Crippen LogP contribution is -2.00. The van der Waals surface area contributed by atoms with Crippen molar-refractivity contribution in [1.29, 1.82) is 0 Å². The quantitative estimate of drug-likeness (QED) is 0.917. The molecule has 1 N–H and O–H groups in total. The number of hydrogen-bond acceptors (Lipinski definition) is 4. The summed E-state index contributed by atoms with van der Waals surface area (Å²) in [7, 11) is 1.62. The molecule has 0 radical (unpaired) electrons. The first kappa shape index (κ1) is 13.2. The highest BCUT2D eigenvalue weighted by Gasteiger charge is 2.03. The molecule has 0 unspecified atom stereocenters. The molecule has 0 aliphatic carbocycles. The van der Waals surface area contributed by atoms with Gasteiger partial charge in [-0.2, -0.15) is 0 Å². The van der Waals surface area contributed by atoms with Gasteiger partial charge in [-0.05, 0) is 31.5 Å². The van der Waals surface area contributed by atoms with E-state index in [4.69, 9.17) is 9.47 Å². The zero-order valence-corrected chi connectivity index (χ0v) is 11.3. The van der Waals surface area contributed by atoms with E-state index >= 15 is 0 Å². The van der Waals surface area contributed by atoms with E-state index in [-0.39, 0.29) is 5.75 Å². The van der Waals surface area contributed by atoms with Gasteiger partial charge in [0.05, 0.1) is 12.8 Å². The fourth-order valence-electron chi connectivity index (χ4n) is 1.86. The van der Waals surface area contributed by atoms with Crippen LogP contribution in [0.2, 0.25) is 0 Å². The van der Waals surface area contributed by atoms with Gasteiger partial charge in [-0.25, -0.2) is 0 Å². The summed E-state index contributed by atoms with van der Waals surface area (Å²) in [5.41, 5.74) is 2.62. The average molecular weight is 259 g/mol. The van der Waals surface area contributed by atoms with Crippen molar-refractivity contribution in [2.75, 3.05) is 7.11 Å². The Labute approximate surface area is 112 Å². The molecule has 0 amide bonds. The van der Waals surface area contributed by atoms with Crippen molar-refractivity contribution in [2.45, 2.75) is 20.5 Å². The fraction of sp³-hybridized carbons (Fsp3) is 0.267. The fourth-order valence-corrected chi connectivity index (χ4v) is 1.86. The second-order valence-electron chi connectivity index (χ2n) is 4.43. The number of aromatic hydroxyl groups is 1. The van der Waals surface area contributed by atoms with Crippen molar-refractivity contribution < 1.29 is 14.6 Å². The van der Waals surface area contributed by atoms with Crippen LogP contribution < -0.4 is 9.47 Å². The molecular weight excluding hydrogens is 242 g/mol. The van der Waals surface area contributed by atoms with Crippen molar-refractivity contribution >= 4 is 0 Å². The summed E-state index contributed by atoms with van der Waals surface area (Å²) in [5.74, 6) is 1.59. The summed E-state index contributed by atoms with van der Waals surface area (Å²) in [5, 5.41) is 9.50. The second kappa shape index (κ2) is 5.61. The number of methoxy groups -OCH3 is 1. The van der Waals surface area contributed by atoms with Gasteiger partial charge in [0.2, 0.25) is 0 Å². The Morgan fingerprint density at radius 3 is 2.53 bits per heavy atom. The third kappa shape index (κ3) is 3.61. The summed E-state index contributed by atoms with van der Waals surface area (Å²) in [4.78, 5) is 4.37. The molecule has 19 heavy (non-hydrogen) atoms. The zero-order chi connectivity index (χ0) is 13.8. The molecule has 0 bridgehead atoms. The smallest absolute Gasteiger partial charge is 0.130 e. The molecule has 0 fully saturated rings. The minimum atomic E-state index is 0.199. The van der Waals surface area contributed by atoms with Crippen molar-refractivity contribution in [3.63, 3.8) is 0 Å². The Kier molecular flexibility index (Phi) is 3.90. The van der Waals surface area contributed by atoms with Crippen LogP contribution in [0.3, 0.4) is 0 Å². The van der Waals surface area contributed by atoms with Crippen LogP contribution in [0.5, 0.6) is 17.2 Å². The zero-order valence-electron chi connectivity index (χ0n) is 11.3. The number of phenolic OH excluding ortho intramolecular Hbond substituents is 1. The highest BCUT2D eigenvalue weighted by atomic mass is 16.5. The molecule has 2 aromatic rings. The van der Waals surface area contributed by atoms with Gasteiger partial charge in [-0.1, -0.05) is 0 Å². The van der Waals surface area contributed by atoms with Crippen molar-refractivity contribution in [3.05, 3.63) is 47.3 Å². The van der Waals surface area contributed by atoms with Crippen LogP contribution in [0, 0.1) is 13.8 Å². The molecule has 0 saturated carbocycles. The van der Waals surface area contributed by atoms with Crippen molar-refractivity contribution in [2.24, 2.45) is 0 Å². The first-order chi connectivity index (χ1) is 9.06. The predicted octanol–water partition coefficient (Wildman–Crippen LogP) is 2.99. The molecule has 4 heteroatoms. The standard InChI is InChI=1S/C15H17NO3/c1-10-4-13(17)8-15(5-10)19-9-12-7-14(18-3)6-11(2)16-12/h4-8,17H,9H2,1-3H3. The maximum Gasteiger partial charge on any atom is 0.130 e. The normalized spacial score (nSPS) is 10.3. The molecule has 1 aromatic heterocycles. The maximum absolute atomic E-state index is 9.50. The van der Waals surface area contributed by atoms with Gasteiger partial charge in [0.1, 0.15) is 23.9 Å². The van der Waals surface area contributed by atoms with E-state index in [9.17, 15) is 5.11 Å². The minimum absolute atomic E-state index is 0.199. The molecule has 1 aromatic carbocycles. The van der Waals surface area contributed by atoms with E-state index in [0.717, 1.165) is 22.7 Å². The van der Waals surface area contributed by atoms with E-state index in [0.29, 0.717) is 12.4 Å². The molecular formula is C15H17NO3. The van der Waals surface area contributed by atoms with E-state index < -0.39 is 0 Å². The Balaban J connectivity index is 2.11. The Hall–Kier alpha value is -2.23. The van der Waals surface area contributed by atoms with Crippen LogP contribution in [-0.4, -0.2) is 17.2 Å². The van der Waals surface area contributed by atoms with E-state index in [1.54, 1.807) is 19.2 Å². The van der Waals surface area contributed by atoms with Gasteiger partial charge < -0.3 is 14.6 Å². The molecule has 0 aliphatic heterocycles. The van der Waals surface area contributed by atoms with Crippen molar-refractivity contribution in [3.8, 4) is 17.2 Å². The number of ether oxygens (including phenoxy) is 2. The van der Waals surface area contributed by atoms with Gasteiger partial charge in [-0.15, -0.1) is 0 Å². The first-order valence-electron chi connectivity index (χ1n) is 6.02. The predicted molar refractivity (Wildman–Crippen MR) is 72.7 cm³/mol. The summed E-state index contributed by atoms with van der Waals surface area (Å²) in [6.45, 7) is 4.14. The van der Waals surface area contributed by atoms with Crippen LogP contribution in [0.1, 0.15) is 17.0 Å². The summed E-state index contributed by atoms with van der Waals surface area (Å²) in [6.07, 6.45) is 0. The maximum atomic E-state index is 9.50. The van der Waals surface area contributed by atoms with E-state index in [1.807, 2.05) is 32.0 Å². The number of aryl methyl sites for hydroxylation is 2. The Morgan fingerprint density at radius 1 is 1.05 bits per heavy atom. The van der Waals surface area contributed by atoms with Gasteiger partial charge in [-0.3, -0.25) is 4.98 Å². The van der Waals surface area contributed by atoms with Crippen LogP contribution in [0.25, 0.3) is 0 Å². The molecule has 0 spiro atoms. The first-order valence-corrected chi connectivity index (χ1v) is 6.02. The van der Waals surface area contributed by atoms with Crippen LogP contribution in [-0.2, 0) is 6.61 Å². The number of nitrogens with zero attached hydrogens (tertiary/aromatic N) is 1. The second-order valence-corrected chi connectivity index (χ2v) is 4.43. The largest absolute Gasteiger partial charge is 0.508 e. The summed E-state index contributed by atoms with van der Waals surface area (Å²) >= 11 is 0. The van der Waals surface area contributed by atoms with Crippen LogP contribution in [0.15, 0.2) is 30.3 Å². The number of phenols is 1. The lowest BCUT2D eigenvalue weighted by molar-refractivity contribution is 0.298. The highest BCUT2D eigenvalue weighted by Crippen LogP contribution is 2.22. The molecule has 100 valence electrons. The SMILES string of the molecule is COc1cc(C)nc(COc2cc(C)cc(O)c2)c1. The molecule has 1 heterocycles.